The lowest BCUT2D eigenvalue weighted by Gasteiger charge is -2.08. The van der Waals surface area contributed by atoms with Crippen LogP contribution in [0, 0.1) is 0 Å². The third-order valence-electron chi connectivity index (χ3n) is 2.87. The molecule has 0 radical (unpaired) electrons. The third kappa shape index (κ3) is 4.95. The van der Waals surface area contributed by atoms with E-state index < -0.39 is 15.6 Å². The van der Waals surface area contributed by atoms with Crippen molar-refractivity contribution in [3.05, 3.63) is 24.3 Å². The first-order chi connectivity index (χ1) is 10.9. The van der Waals surface area contributed by atoms with Gasteiger partial charge in [-0.1, -0.05) is 12.1 Å². The molecule has 0 spiro atoms. The van der Waals surface area contributed by atoms with Gasteiger partial charge in [-0.2, -0.15) is 13.2 Å². The van der Waals surface area contributed by atoms with Gasteiger partial charge >= 0.3 is 10.7 Å². The number of aromatic nitrogens is 2. The summed E-state index contributed by atoms with van der Waals surface area (Å²) >= 11 is 1.58. The molecule has 0 saturated carbocycles. The van der Waals surface area contributed by atoms with Crippen LogP contribution in [0.1, 0.15) is 6.92 Å². The number of para-hydroxylation sites is 2. The molecular formula is C13H15F3N2O4S2. The summed E-state index contributed by atoms with van der Waals surface area (Å²) in [7, 11) is -2.03. The van der Waals surface area contributed by atoms with E-state index in [9.17, 15) is 18.0 Å². The molecule has 134 valence electrons. The number of carbonyl (C=O) groups excluding carboxylic acids is 1. The Kier molecular flexibility index (Phi) is 6.42. The van der Waals surface area contributed by atoms with Crippen LogP contribution in [0.15, 0.2) is 29.4 Å². The summed E-state index contributed by atoms with van der Waals surface area (Å²) in [6.07, 6.45) is 0. The van der Waals surface area contributed by atoms with E-state index in [0.717, 1.165) is 5.16 Å². The monoisotopic (exact) mass is 384 g/mol. The third-order valence-corrected chi connectivity index (χ3v) is 4.79. The zero-order chi connectivity index (χ0) is 18.7. The van der Waals surface area contributed by atoms with Crippen LogP contribution >= 0.6 is 11.8 Å². The second kappa shape index (κ2) is 7.53. The molecule has 1 heterocycles. The first-order valence-corrected chi connectivity index (χ1v) is 8.83. The van der Waals surface area contributed by atoms with Crippen molar-refractivity contribution >= 4 is 38.7 Å². The van der Waals surface area contributed by atoms with Crippen molar-refractivity contribution in [3.8, 4) is 0 Å². The van der Waals surface area contributed by atoms with E-state index in [4.69, 9.17) is 13.0 Å². The molecule has 0 aliphatic carbocycles. The van der Waals surface area contributed by atoms with Crippen molar-refractivity contribution in [1.82, 2.24) is 4.57 Å². The Morgan fingerprint density at radius 3 is 2.25 bits per heavy atom. The minimum Gasteiger partial charge on any atom is -0.741 e. The Morgan fingerprint density at radius 2 is 1.83 bits per heavy atom. The lowest BCUT2D eigenvalue weighted by Crippen LogP contribution is -2.30. The van der Waals surface area contributed by atoms with Crippen LogP contribution in [0.5, 0.6) is 0 Å². The number of hydrogen-bond donors (Lipinski definition) is 0. The molecule has 6 nitrogen and oxygen atoms in total. The molecule has 0 bridgehead atoms. The van der Waals surface area contributed by atoms with Gasteiger partial charge in [-0.15, -0.1) is 0 Å². The average molecular weight is 384 g/mol. The van der Waals surface area contributed by atoms with Gasteiger partial charge in [0.05, 0.1) is 19.8 Å². The number of alkyl halides is 3. The molecule has 2 aromatic rings. The van der Waals surface area contributed by atoms with Crippen molar-refractivity contribution < 1.29 is 35.5 Å². The fourth-order valence-electron chi connectivity index (χ4n) is 1.82. The van der Waals surface area contributed by atoms with E-state index in [1.807, 2.05) is 26.2 Å². The fraction of sp³-hybridized carbons (Fsp3) is 0.385. The number of imidazole rings is 1. The van der Waals surface area contributed by atoms with Gasteiger partial charge in [-0.25, -0.2) is 17.6 Å². The van der Waals surface area contributed by atoms with Crippen molar-refractivity contribution in [2.75, 3.05) is 5.75 Å². The molecule has 0 amide bonds. The molecule has 11 heteroatoms. The molecule has 0 saturated heterocycles. The maximum atomic E-state index is 11.0. The highest BCUT2D eigenvalue weighted by Crippen LogP contribution is 2.21. The number of hydrogen-bond acceptors (Lipinski definition) is 5. The first-order valence-electron chi connectivity index (χ1n) is 6.44. The van der Waals surface area contributed by atoms with Crippen molar-refractivity contribution in [1.29, 1.82) is 0 Å². The summed E-state index contributed by atoms with van der Waals surface area (Å²) in [6, 6.07) is 8.24. The zero-order valence-corrected chi connectivity index (χ0v) is 14.6. The lowest BCUT2D eigenvalue weighted by molar-refractivity contribution is -0.685. The molecule has 0 aliphatic rings. The van der Waals surface area contributed by atoms with E-state index in [2.05, 4.69) is 21.3 Å². The van der Waals surface area contributed by atoms with E-state index in [-0.39, 0.29) is 5.78 Å². The standard InChI is InChI=1S/C12H15N2OS.CHF3O3S/c1-9(15)8-16-12-13(2)10-6-4-5-7-11(10)14(12)3;2-1(3,4)8(5,6)7/h4-7H,8H2,1-3H3;(H,5,6,7)/q+1;/p-1. The van der Waals surface area contributed by atoms with Gasteiger partial charge in [0.2, 0.25) is 0 Å². The second-order valence-electron chi connectivity index (χ2n) is 4.78. The van der Waals surface area contributed by atoms with Crippen LogP contribution in [-0.2, 0) is 29.0 Å². The maximum absolute atomic E-state index is 11.0. The van der Waals surface area contributed by atoms with Crippen LogP contribution in [0.3, 0.4) is 0 Å². The van der Waals surface area contributed by atoms with Gasteiger partial charge in [-0.05, 0) is 30.8 Å². The Bertz CT molecular complexity index is 806. The van der Waals surface area contributed by atoms with Crippen LogP contribution in [0.2, 0.25) is 0 Å². The van der Waals surface area contributed by atoms with Crippen LogP contribution in [0.4, 0.5) is 13.2 Å². The molecular weight excluding hydrogens is 369 g/mol. The number of fused-ring (bicyclic) bond motifs is 1. The summed E-state index contributed by atoms with van der Waals surface area (Å²) in [4.78, 5) is 11.0. The van der Waals surface area contributed by atoms with Gasteiger partial charge < -0.3 is 4.55 Å². The zero-order valence-electron chi connectivity index (χ0n) is 13.0. The van der Waals surface area contributed by atoms with E-state index >= 15 is 0 Å². The Morgan fingerprint density at radius 1 is 1.33 bits per heavy atom. The van der Waals surface area contributed by atoms with Gasteiger partial charge in [-0.3, -0.25) is 4.79 Å². The van der Waals surface area contributed by atoms with Crippen molar-refractivity contribution in [3.63, 3.8) is 0 Å². The molecule has 0 fully saturated rings. The SMILES string of the molecule is CC(=O)CSc1n(C)c2ccccc2[n+]1C.O=S(=O)([O-])C(F)(F)F. The summed E-state index contributed by atoms with van der Waals surface area (Å²) in [5.74, 6) is 0.730. The molecule has 0 unspecified atom stereocenters. The van der Waals surface area contributed by atoms with E-state index in [0.29, 0.717) is 5.75 Å². The number of benzene rings is 1. The van der Waals surface area contributed by atoms with Crippen LogP contribution < -0.4 is 4.57 Å². The minimum atomic E-state index is -6.09. The molecule has 2 rings (SSSR count). The van der Waals surface area contributed by atoms with Gasteiger partial charge in [0, 0.05) is 0 Å². The van der Waals surface area contributed by atoms with Gasteiger partial charge in [0.25, 0.3) is 0 Å². The predicted molar refractivity (Wildman–Crippen MR) is 81.3 cm³/mol. The highest BCUT2D eigenvalue weighted by molar-refractivity contribution is 7.99. The number of thioether (sulfide) groups is 1. The lowest BCUT2D eigenvalue weighted by atomic mass is 10.3. The number of halogens is 3. The largest absolute Gasteiger partial charge is 0.741 e. The quantitative estimate of drug-likeness (QED) is 0.348. The highest BCUT2D eigenvalue weighted by atomic mass is 32.2. The number of Topliss-reactive ketones (excluding diaryl/α,β-unsaturated/α-hetero) is 1. The maximum Gasteiger partial charge on any atom is 0.485 e. The number of carbonyl (C=O) groups is 1. The smallest absolute Gasteiger partial charge is 0.485 e. The van der Waals surface area contributed by atoms with Crippen LogP contribution in [-0.4, -0.2) is 34.6 Å². The van der Waals surface area contributed by atoms with Crippen LogP contribution in [0.25, 0.3) is 11.0 Å². The normalized spacial score (nSPS) is 12.0. The second-order valence-corrected chi connectivity index (χ2v) is 7.09. The predicted octanol–water partition coefficient (Wildman–Crippen LogP) is 1.74. The summed E-state index contributed by atoms with van der Waals surface area (Å²) in [5.41, 5.74) is -3.26. The topological polar surface area (TPSA) is 83.1 Å². The molecule has 24 heavy (non-hydrogen) atoms. The number of rotatable bonds is 3. The fourth-order valence-corrected chi connectivity index (χ4v) is 2.74. The number of nitrogens with zero attached hydrogens (tertiary/aromatic N) is 2. The Hall–Kier alpha value is -1.59. The van der Waals surface area contributed by atoms with Gasteiger partial charge in [0.1, 0.15) is 5.78 Å². The summed E-state index contributed by atoms with van der Waals surface area (Å²) in [6.45, 7) is 1.62. The summed E-state index contributed by atoms with van der Waals surface area (Å²) < 4.78 is 63.2. The first kappa shape index (κ1) is 20.5. The molecule has 0 aliphatic heterocycles. The minimum absolute atomic E-state index is 0.204. The molecule has 1 aromatic heterocycles. The molecule has 1 aromatic carbocycles. The van der Waals surface area contributed by atoms with Crippen molar-refractivity contribution in [2.24, 2.45) is 14.1 Å². The Labute approximate surface area is 141 Å². The van der Waals surface area contributed by atoms with Gasteiger partial charge in [0.15, 0.2) is 21.2 Å². The average Bonchev–Trinajstić information content (AvgIpc) is 2.68. The Balaban J connectivity index is 0.000000307. The number of ketones is 1. The summed E-state index contributed by atoms with van der Waals surface area (Å²) in [5, 5.41) is 1.11. The highest BCUT2D eigenvalue weighted by Gasteiger charge is 2.36. The van der Waals surface area contributed by atoms with E-state index in [1.165, 1.54) is 11.0 Å². The van der Waals surface area contributed by atoms with E-state index in [1.54, 1.807) is 18.7 Å². The van der Waals surface area contributed by atoms with Crippen molar-refractivity contribution in [2.45, 2.75) is 17.6 Å². The number of aryl methyl sites for hydroxylation is 2. The molecule has 0 N–H and O–H groups in total. The molecule has 0 atom stereocenters.